The van der Waals surface area contributed by atoms with Gasteiger partial charge in [-0.2, -0.15) is 0 Å². The number of carbonyl (C=O) groups is 1. The average molecular weight is 365 g/mol. The zero-order valence-electron chi connectivity index (χ0n) is 15.7. The van der Waals surface area contributed by atoms with Crippen LogP contribution in [0.3, 0.4) is 0 Å². The van der Waals surface area contributed by atoms with Gasteiger partial charge in [0.1, 0.15) is 5.69 Å². The molecule has 0 saturated carbocycles. The van der Waals surface area contributed by atoms with E-state index in [1.165, 1.54) is 21.7 Å². The number of nitrogens with zero attached hydrogens (tertiary/aromatic N) is 2. The van der Waals surface area contributed by atoms with Gasteiger partial charge in [0.25, 0.3) is 5.91 Å². The summed E-state index contributed by atoms with van der Waals surface area (Å²) in [7, 11) is 1.89. The van der Waals surface area contributed by atoms with Crippen LogP contribution in [0.5, 0.6) is 0 Å². The van der Waals surface area contributed by atoms with E-state index in [1.54, 1.807) is 11.3 Å². The fourth-order valence-corrected chi connectivity index (χ4v) is 4.29. The molecule has 3 aromatic rings. The molecule has 1 aliphatic rings. The number of rotatable bonds is 2. The maximum absolute atomic E-state index is 13.3. The summed E-state index contributed by atoms with van der Waals surface area (Å²) in [4.78, 5) is 16.3. The Labute approximate surface area is 158 Å². The third-order valence-electron chi connectivity index (χ3n) is 5.29. The summed E-state index contributed by atoms with van der Waals surface area (Å²) < 4.78 is 2.22. The van der Waals surface area contributed by atoms with Gasteiger partial charge in [0, 0.05) is 35.1 Å². The molecule has 0 bridgehead atoms. The van der Waals surface area contributed by atoms with E-state index in [2.05, 4.69) is 73.2 Å². The monoisotopic (exact) mass is 364 g/mol. The van der Waals surface area contributed by atoms with Crippen molar-refractivity contribution in [2.75, 3.05) is 7.05 Å². The van der Waals surface area contributed by atoms with Crippen molar-refractivity contribution in [1.29, 1.82) is 0 Å². The molecule has 1 amide bonds. The smallest absolute Gasteiger partial charge is 0.270 e. The first kappa shape index (κ1) is 17.1. The molecule has 0 aliphatic carbocycles. The molecule has 0 radical (unpaired) electrons. The van der Waals surface area contributed by atoms with Crippen LogP contribution in [0.2, 0.25) is 0 Å². The van der Waals surface area contributed by atoms with Crippen LogP contribution in [0, 0.1) is 0 Å². The maximum atomic E-state index is 13.3. The fraction of sp³-hybridized carbons (Fsp3) is 0.318. The van der Waals surface area contributed by atoms with Gasteiger partial charge in [-0.3, -0.25) is 4.79 Å². The van der Waals surface area contributed by atoms with Gasteiger partial charge in [-0.1, -0.05) is 30.3 Å². The largest absolute Gasteiger partial charge is 0.336 e. The van der Waals surface area contributed by atoms with Gasteiger partial charge in [-0.25, -0.2) is 0 Å². The number of amides is 1. The molecule has 134 valence electrons. The van der Waals surface area contributed by atoms with E-state index in [1.807, 2.05) is 11.9 Å². The van der Waals surface area contributed by atoms with Gasteiger partial charge in [0.2, 0.25) is 0 Å². The Morgan fingerprint density at radius 1 is 1.12 bits per heavy atom. The number of aryl methyl sites for hydroxylation is 1. The molecule has 0 unspecified atom stereocenters. The maximum Gasteiger partial charge on any atom is 0.270 e. The molecule has 4 heteroatoms. The van der Waals surface area contributed by atoms with Crippen LogP contribution in [0.25, 0.3) is 21.7 Å². The number of benzene rings is 1. The molecule has 0 saturated heterocycles. The Kier molecular flexibility index (Phi) is 4.03. The highest BCUT2D eigenvalue weighted by atomic mass is 32.1. The number of aromatic nitrogens is 1. The molecule has 0 spiro atoms. The third-order valence-corrected chi connectivity index (χ3v) is 6.19. The molecule has 3 nitrogen and oxygen atoms in total. The molecule has 0 N–H and O–H groups in total. The second-order valence-electron chi connectivity index (χ2n) is 7.86. The van der Waals surface area contributed by atoms with Crippen LogP contribution in [0.1, 0.15) is 36.8 Å². The van der Waals surface area contributed by atoms with Crippen LogP contribution >= 0.6 is 11.3 Å². The molecule has 26 heavy (non-hydrogen) atoms. The SMILES string of the molecule is CN(C(=O)c1cc(-c2cccs2)c2n1CCc1ccccc1-2)C(C)(C)C. The lowest BCUT2D eigenvalue weighted by molar-refractivity contribution is 0.0644. The molecule has 0 atom stereocenters. The zero-order valence-corrected chi connectivity index (χ0v) is 16.6. The van der Waals surface area contributed by atoms with Gasteiger partial charge in [-0.15, -0.1) is 11.3 Å². The Balaban J connectivity index is 1.93. The molecule has 4 rings (SSSR count). The van der Waals surface area contributed by atoms with Crippen molar-refractivity contribution >= 4 is 17.2 Å². The van der Waals surface area contributed by atoms with E-state index in [4.69, 9.17) is 0 Å². The van der Waals surface area contributed by atoms with E-state index >= 15 is 0 Å². The molecule has 1 aliphatic heterocycles. The van der Waals surface area contributed by atoms with Gasteiger partial charge in [-0.05, 0) is 50.3 Å². The predicted octanol–water partition coefficient (Wildman–Crippen LogP) is 5.31. The minimum Gasteiger partial charge on any atom is -0.336 e. The lowest BCUT2D eigenvalue weighted by Gasteiger charge is -2.32. The van der Waals surface area contributed by atoms with Crippen molar-refractivity contribution < 1.29 is 4.79 Å². The molecule has 3 heterocycles. The lowest BCUT2D eigenvalue weighted by Crippen LogP contribution is -2.43. The summed E-state index contributed by atoms with van der Waals surface area (Å²) in [5.74, 6) is 0.0842. The van der Waals surface area contributed by atoms with E-state index in [9.17, 15) is 4.79 Å². The first-order valence-corrected chi connectivity index (χ1v) is 9.90. The molecule has 1 aromatic carbocycles. The highest BCUT2D eigenvalue weighted by molar-refractivity contribution is 7.13. The predicted molar refractivity (Wildman–Crippen MR) is 109 cm³/mol. The molecule has 2 aromatic heterocycles. The number of hydrogen-bond acceptors (Lipinski definition) is 2. The first-order valence-electron chi connectivity index (χ1n) is 9.02. The second kappa shape index (κ2) is 6.13. The van der Waals surface area contributed by atoms with Gasteiger partial charge in [0.05, 0.1) is 5.69 Å². The molecular formula is C22H24N2OS. The standard InChI is InChI=1S/C22H24N2OS/c1-22(2,3)23(4)21(25)18-14-17(19-10-7-13-26-19)20-16-9-6-5-8-15(16)11-12-24(18)20/h5-10,13-14H,11-12H2,1-4H3. The highest BCUT2D eigenvalue weighted by Gasteiger charge is 2.30. The number of carbonyl (C=O) groups excluding carboxylic acids is 1. The normalized spacial score (nSPS) is 13.2. The quantitative estimate of drug-likeness (QED) is 0.605. The van der Waals surface area contributed by atoms with Gasteiger partial charge >= 0.3 is 0 Å². The highest BCUT2D eigenvalue weighted by Crippen LogP contribution is 2.41. The van der Waals surface area contributed by atoms with Crippen LogP contribution in [-0.4, -0.2) is 28.0 Å². The lowest BCUT2D eigenvalue weighted by atomic mass is 9.96. The minimum absolute atomic E-state index is 0.0842. The topological polar surface area (TPSA) is 25.2 Å². The van der Waals surface area contributed by atoms with Crippen LogP contribution in [0.15, 0.2) is 47.8 Å². The molecule has 0 fully saturated rings. The van der Waals surface area contributed by atoms with Gasteiger partial charge in [0.15, 0.2) is 0 Å². The summed E-state index contributed by atoms with van der Waals surface area (Å²) in [6.45, 7) is 7.05. The Bertz CT molecular complexity index is 961. The van der Waals surface area contributed by atoms with Gasteiger partial charge < -0.3 is 9.47 Å². The van der Waals surface area contributed by atoms with Crippen molar-refractivity contribution in [3.63, 3.8) is 0 Å². The summed E-state index contributed by atoms with van der Waals surface area (Å²) in [6, 6.07) is 14.9. The minimum atomic E-state index is -0.211. The van der Waals surface area contributed by atoms with Crippen LogP contribution in [-0.2, 0) is 13.0 Å². The molecular weight excluding hydrogens is 340 g/mol. The number of hydrogen-bond donors (Lipinski definition) is 0. The summed E-state index contributed by atoms with van der Waals surface area (Å²) >= 11 is 1.72. The van der Waals surface area contributed by atoms with Crippen molar-refractivity contribution in [3.8, 4) is 21.7 Å². The Hall–Kier alpha value is -2.33. The van der Waals surface area contributed by atoms with Crippen molar-refractivity contribution in [2.45, 2.75) is 39.3 Å². The Morgan fingerprint density at radius 2 is 1.88 bits per heavy atom. The summed E-state index contributed by atoms with van der Waals surface area (Å²) in [5, 5.41) is 2.09. The van der Waals surface area contributed by atoms with Crippen molar-refractivity contribution in [3.05, 3.63) is 59.1 Å². The number of thiophene rings is 1. The van der Waals surface area contributed by atoms with Crippen molar-refractivity contribution in [2.24, 2.45) is 0 Å². The zero-order chi connectivity index (χ0) is 18.5. The summed E-state index contributed by atoms with van der Waals surface area (Å²) in [5.41, 5.74) is 5.53. The Morgan fingerprint density at radius 3 is 2.58 bits per heavy atom. The first-order chi connectivity index (χ1) is 12.4. The van der Waals surface area contributed by atoms with Crippen LogP contribution in [0.4, 0.5) is 0 Å². The van der Waals surface area contributed by atoms with Crippen LogP contribution < -0.4 is 0 Å². The fourth-order valence-electron chi connectivity index (χ4n) is 3.55. The van der Waals surface area contributed by atoms with E-state index in [0.717, 1.165) is 24.2 Å². The second-order valence-corrected chi connectivity index (χ2v) is 8.81. The van der Waals surface area contributed by atoms with E-state index in [-0.39, 0.29) is 11.4 Å². The van der Waals surface area contributed by atoms with Crippen molar-refractivity contribution in [1.82, 2.24) is 9.47 Å². The van der Waals surface area contributed by atoms with E-state index < -0.39 is 0 Å². The average Bonchev–Trinajstić information content (AvgIpc) is 3.27. The number of fused-ring (bicyclic) bond motifs is 3. The third kappa shape index (κ3) is 2.69. The van der Waals surface area contributed by atoms with E-state index in [0.29, 0.717) is 0 Å². The summed E-state index contributed by atoms with van der Waals surface area (Å²) in [6.07, 6.45) is 0.960.